The number of imide groups is 1. The highest BCUT2D eigenvalue weighted by Gasteiger charge is 2.32. The van der Waals surface area contributed by atoms with Gasteiger partial charge in [0.25, 0.3) is 17.5 Å². The number of rotatable bonds is 6. The summed E-state index contributed by atoms with van der Waals surface area (Å²) in [5, 5.41) is 13.2. The Labute approximate surface area is 164 Å². The lowest BCUT2D eigenvalue weighted by molar-refractivity contribution is -0.383. The van der Waals surface area contributed by atoms with Crippen LogP contribution in [0.3, 0.4) is 0 Å². The summed E-state index contributed by atoms with van der Waals surface area (Å²) < 4.78 is 4.80. The van der Waals surface area contributed by atoms with E-state index in [9.17, 15) is 29.3 Å². The third-order valence-electron chi connectivity index (χ3n) is 4.16. The van der Waals surface area contributed by atoms with Crippen LogP contribution in [0.15, 0.2) is 48.5 Å². The molecule has 10 heteroatoms. The molecule has 0 spiro atoms. The van der Waals surface area contributed by atoms with E-state index in [1.807, 2.05) is 0 Å². The molecule has 0 unspecified atom stereocenters. The van der Waals surface area contributed by atoms with Gasteiger partial charge < -0.3 is 10.1 Å². The van der Waals surface area contributed by atoms with Crippen LogP contribution in [0.5, 0.6) is 0 Å². The molecule has 1 aliphatic heterocycles. The van der Waals surface area contributed by atoms with E-state index in [0.717, 1.165) is 4.90 Å². The van der Waals surface area contributed by atoms with Gasteiger partial charge in [-0.3, -0.25) is 34.2 Å². The van der Waals surface area contributed by atoms with E-state index in [2.05, 4.69) is 5.32 Å². The number of nitrogens with one attached hydrogen (secondary N) is 1. The summed E-state index contributed by atoms with van der Waals surface area (Å²) in [7, 11) is 0. The van der Waals surface area contributed by atoms with Crippen molar-refractivity contribution in [3.8, 4) is 0 Å². The Morgan fingerprint density at radius 2 is 1.79 bits per heavy atom. The van der Waals surface area contributed by atoms with E-state index < -0.39 is 41.8 Å². The summed E-state index contributed by atoms with van der Waals surface area (Å²) in [6, 6.07) is 12.1. The molecular formula is C19H15N3O7. The molecular weight excluding hydrogens is 382 g/mol. The van der Waals surface area contributed by atoms with Gasteiger partial charge in [0.1, 0.15) is 12.2 Å². The maximum atomic E-state index is 12.4. The van der Waals surface area contributed by atoms with Gasteiger partial charge in [0, 0.05) is 11.6 Å². The van der Waals surface area contributed by atoms with Crippen molar-refractivity contribution in [3.63, 3.8) is 0 Å². The number of nitro groups is 1. The Morgan fingerprint density at radius 1 is 1.10 bits per heavy atom. The second kappa shape index (κ2) is 8.30. The SMILES string of the molecule is O=C(COC(=O)CN1C(=O)Cc2ccccc2C1=O)Nc1ccccc1[N+](=O)[O-]. The van der Waals surface area contributed by atoms with Crippen LogP contribution in [-0.4, -0.2) is 46.7 Å². The van der Waals surface area contributed by atoms with Crippen LogP contribution < -0.4 is 5.32 Å². The third-order valence-corrected chi connectivity index (χ3v) is 4.16. The van der Waals surface area contributed by atoms with Crippen LogP contribution in [0.25, 0.3) is 0 Å². The number of para-hydroxylation sites is 2. The highest BCUT2D eigenvalue weighted by Crippen LogP contribution is 2.23. The van der Waals surface area contributed by atoms with Gasteiger partial charge >= 0.3 is 5.97 Å². The number of ether oxygens (including phenoxy) is 1. The third kappa shape index (κ3) is 4.43. The molecule has 148 valence electrons. The van der Waals surface area contributed by atoms with Crippen molar-refractivity contribution in [2.75, 3.05) is 18.5 Å². The van der Waals surface area contributed by atoms with Crippen LogP contribution in [0, 0.1) is 10.1 Å². The lowest BCUT2D eigenvalue weighted by Crippen LogP contribution is -2.45. The minimum Gasteiger partial charge on any atom is -0.454 e. The van der Waals surface area contributed by atoms with E-state index >= 15 is 0 Å². The minimum atomic E-state index is -0.955. The van der Waals surface area contributed by atoms with Crippen LogP contribution in [0.2, 0.25) is 0 Å². The summed E-state index contributed by atoms with van der Waals surface area (Å²) >= 11 is 0. The van der Waals surface area contributed by atoms with Gasteiger partial charge in [-0.15, -0.1) is 0 Å². The number of hydrogen-bond donors (Lipinski definition) is 1. The molecule has 29 heavy (non-hydrogen) atoms. The number of fused-ring (bicyclic) bond motifs is 1. The number of carbonyl (C=O) groups is 4. The maximum absolute atomic E-state index is 12.4. The van der Waals surface area contributed by atoms with Gasteiger partial charge in [-0.25, -0.2) is 0 Å². The zero-order valence-corrected chi connectivity index (χ0v) is 15.0. The zero-order valence-electron chi connectivity index (χ0n) is 15.0. The monoisotopic (exact) mass is 397 g/mol. The smallest absolute Gasteiger partial charge is 0.326 e. The molecule has 1 heterocycles. The Kier molecular flexibility index (Phi) is 5.63. The van der Waals surface area contributed by atoms with Crippen molar-refractivity contribution in [2.45, 2.75) is 6.42 Å². The summed E-state index contributed by atoms with van der Waals surface area (Å²) in [6.07, 6.45) is -0.0205. The Bertz CT molecular complexity index is 1020. The highest BCUT2D eigenvalue weighted by atomic mass is 16.6. The predicted molar refractivity (Wildman–Crippen MR) is 98.9 cm³/mol. The number of esters is 1. The molecule has 2 aromatic rings. The molecule has 10 nitrogen and oxygen atoms in total. The average molecular weight is 397 g/mol. The lowest BCUT2D eigenvalue weighted by atomic mass is 9.98. The molecule has 0 bridgehead atoms. The van der Waals surface area contributed by atoms with Crippen LogP contribution in [0.4, 0.5) is 11.4 Å². The molecule has 1 aliphatic rings. The first-order chi connectivity index (χ1) is 13.9. The van der Waals surface area contributed by atoms with Crippen molar-refractivity contribution in [1.29, 1.82) is 0 Å². The Balaban J connectivity index is 1.56. The number of amides is 3. The molecule has 1 N–H and O–H groups in total. The number of benzene rings is 2. The molecule has 0 saturated carbocycles. The quantitative estimate of drug-likeness (QED) is 0.336. The fourth-order valence-corrected chi connectivity index (χ4v) is 2.81. The minimum absolute atomic E-state index is 0.0205. The fourth-order valence-electron chi connectivity index (χ4n) is 2.81. The summed E-state index contributed by atoms with van der Waals surface area (Å²) in [5.74, 6) is -2.91. The topological polar surface area (TPSA) is 136 Å². The maximum Gasteiger partial charge on any atom is 0.326 e. The predicted octanol–water partition coefficient (Wildman–Crippen LogP) is 1.30. The first-order valence-corrected chi connectivity index (χ1v) is 8.48. The van der Waals surface area contributed by atoms with Gasteiger partial charge in [-0.2, -0.15) is 0 Å². The van der Waals surface area contributed by atoms with Crippen molar-refractivity contribution in [3.05, 3.63) is 69.8 Å². The van der Waals surface area contributed by atoms with Gasteiger partial charge in [0.05, 0.1) is 11.3 Å². The lowest BCUT2D eigenvalue weighted by Gasteiger charge is -2.25. The molecule has 0 aromatic heterocycles. The summed E-state index contributed by atoms with van der Waals surface area (Å²) in [6.45, 7) is -1.36. The van der Waals surface area contributed by atoms with Crippen molar-refractivity contribution in [2.24, 2.45) is 0 Å². The van der Waals surface area contributed by atoms with Crippen molar-refractivity contribution in [1.82, 2.24) is 4.90 Å². The van der Waals surface area contributed by atoms with E-state index in [0.29, 0.717) is 11.1 Å². The van der Waals surface area contributed by atoms with Crippen molar-refractivity contribution < 1.29 is 28.8 Å². The van der Waals surface area contributed by atoms with Gasteiger partial charge in [-0.1, -0.05) is 30.3 Å². The molecule has 0 atom stereocenters. The normalized spacial score (nSPS) is 12.9. The average Bonchev–Trinajstić information content (AvgIpc) is 2.70. The van der Waals surface area contributed by atoms with Crippen LogP contribution in [0.1, 0.15) is 15.9 Å². The molecule has 0 radical (unpaired) electrons. The van der Waals surface area contributed by atoms with E-state index in [-0.39, 0.29) is 17.8 Å². The van der Waals surface area contributed by atoms with Crippen LogP contribution >= 0.6 is 0 Å². The van der Waals surface area contributed by atoms with E-state index in [1.165, 1.54) is 24.3 Å². The highest BCUT2D eigenvalue weighted by molar-refractivity contribution is 6.11. The first-order valence-electron chi connectivity index (χ1n) is 8.48. The van der Waals surface area contributed by atoms with Gasteiger partial charge in [0.15, 0.2) is 6.61 Å². The number of nitrogens with zero attached hydrogens (tertiary/aromatic N) is 2. The largest absolute Gasteiger partial charge is 0.454 e. The summed E-state index contributed by atoms with van der Waals surface area (Å²) in [4.78, 5) is 59.5. The molecule has 3 amide bonds. The van der Waals surface area contributed by atoms with E-state index in [4.69, 9.17) is 4.74 Å². The number of anilines is 1. The number of carbonyl (C=O) groups excluding carboxylic acids is 4. The fraction of sp³-hybridized carbons (Fsp3) is 0.158. The molecule has 3 rings (SSSR count). The van der Waals surface area contributed by atoms with E-state index in [1.54, 1.807) is 24.3 Å². The van der Waals surface area contributed by atoms with Gasteiger partial charge in [0.2, 0.25) is 5.91 Å². The van der Waals surface area contributed by atoms with Gasteiger partial charge in [-0.05, 0) is 17.7 Å². The standard InChI is InChI=1S/C19H15N3O7/c23-16(20-14-7-3-4-8-15(14)22(27)28)11-29-18(25)10-21-17(24)9-12-5-1-2-6-13(12)19(21)26/h1-8H,9-11H2,(H,20,23). The first kappa shape index (κ1) is 19.7. The van der Waals surface area contributed by atoms with Crippen LogP contribution in [-0.2, 0) is 25.5 Å². The molecule has 0 aliphatic carbocycles. The Morgan fingerprint density at radius 3 is 2.55 bits per heavy atom. The number of hydrogen-bond acceptors (Lipinski definition) is 7. The molecule has 0 saturated heterocycles. The second-order valence-corrected chi connectivity index (χ2v) is 6.10. The second-order valence-electron chi connectivity index (χ2n) is 6.10. The van der Waals surface area contributed by atoms with Crippen molar-refractivity contribution >= 4 is 35.1 Å². The molecule has 2 aromatic carbocycles. The number of nitro benzene ring substituents is 1. The zero-order chi connectivity index (χ0) is 21.0. The molecule has 0 fully saturated rings. The Hall–Kier alpha value is -4.08. The summed E-state index contributed by atoms with van der Waals surface area (Å²) in [5.41, 5.74) is 0.553.